The Kier molecular flexibility index (Phi) is 5.84. The fourth-order valence-electron chi connectivity index (χ4n) is 4.53. The van der Waals surface area contributed by atoms with Crippen molar-refractivity contribution in [3.05, 3.63) is 17.0 Å². The number of carbonyl (C=O) groups is 3. The van der Waals surface area contributed by atoms with Crippen LogP contribution in [0.1, 0.15) is 67.7 Å². The topological polar surface area (TPSA) is 87.5 Å². The normalized spacial score (nSPS) is 21.5. The highest BCUT2D eigenvalue weighted by Gasteiger charge is 2.35. The molecule has 1 aromatic heterocycles. The summed E-state index contributed by atoms with van der Waals surface area (Å²) in [6, 6.07) is 0.334. The molecule has 3 amide bonds. The number of nitrogens with zero attached hydrogens (tertiary/aromatic N) is 4. The van der Waals surface area contributed by atoms with E-state index in [0.29, 0.717) is 56.7 Å². The van der Waals surface area contributed by atoms with E-state index in [4.69, 9.17) is 0 Å². The number of rotatable bonds is 5. The van der Waals surface area contributed by atoms with Gasteiger partial charge in [0.1, 0.15) is 0 Å². The first-order valence-corrected chi connectivity index (χ1v) is 11.3. The van der Waals surface area contributed by atoms with Crippen molar-refractivity contribution < 1.29 is 14.4 Å². The van der Waals surface area contributed by atoms with Crippen molar-refractivity contribution in [1.29, 1.82) is 0 Å². The molecule has 8 heteroatoms. The number of hydrogen-bond donors (Lipinski definition) is 1. The number of piperidine rings is 1. The summed E-state index contributed by atoms with van der Waals surface area (Å²) < 4.78 is 1.79. The molecule has 1 aromatic rings. The van der Waals surface area contributed by atoms with Gasteiger partial charge in [-0.2, -0.15) is 5.10 Å². The lowest BCUT2D eigenvalue weighted by Gasteiger charge is -2.32. The monoisotopic (exact) mass is 415 g/mol. The number of amides is 3. The lowest BCUT2D eigenvalue weighted by atomic mass is 9.96. The maximum absolute atomic E-state index is 13.4. The van der Waals surface area contributed by atoms with Gasteiger partial charge in [0, 0.05) is 63.4 Å². The van der Waals surface area contributed by atoms with Crippen molar-refractivity contribution in [1.82, 2.24) is 24.9 Å². The van der Waals surface area contributed by atoms with Crippen molar-refractivity contribution in [3.63, 3.8) is 0 Å². The molecule has 1 aliphatic carbocycles. The van der Waals surface area contributed by atoms with Crippen LogP contribution in [0.5, 0.6) is 0 Å². The van der Waals surface area contributed by atoms with Gasteiger partial charge < -0.3 is 15.1 Å². The Morgan fingerprint density at radius 2 is 1.90 bits per heavy atom. The van der Waals surface area contributed by atoms with Crippen molar-refractivity contribution >= 4 is 17.7 Å². The highest BCUT2D eigenvalue weighted by atomic mass is 16.2. The SMILES string of the molecule is CC(C)CC(=O)N1CCc2c(c(C(=O)N3CCCC(C(=O)NC4CC4)C3)nn2C)C1. The predicted octanol–water partition coefficient (Wildman–Crippen LogP) is 1.48. The van der Waals surface area contributed by atoms with Gasteiger partial charge in [-0.15, -0.1) is 0 Å². The molecule has 0 aromatic carbocycles. The Labute approximate surface area is 178 Å². The van der Waals surface area contributed by atoms with Crippen LogP contribution < -0.4 is 5.32 Å². The van der Waals surface area contributed by atoms with Gasteiger partial charge in [-0.05, 0) is 31.6 Å². The summed E-state index contributed by atoms with van der Waals surface area (Å²) in [5.41, 5.74) is 2.35. The van der Waals surface area contributed by atoms with Gasteiger partial charge in [0.2, 0.25) is 11.8 Å². The minimum atomic E-state index is -0.146. The van der Waals surface area contributed by atoms with Gasteiger partial charge in [0.15, 0.2) is 5.69 Å². The van der Waals surface area contributed by atoms with E-state index >= 15 is 0 Å². The van der Waals surface area contributed by atoms with E-state index in [2.05, 4.69) is 10.4 Å². The number of aromatic nitrogens is 2. The van der Waals surface area contributed by atoms with Crippen LogP contribution in [0.15, 0.2) is 0 Å². The molecule has 1 N–H and O–H groups in total. The van der Waals surface area contributed by atoms with Gasteiger partial charge in [-0.3, -0.25) is 19.1 Å². The molecule has 4 rings (SSSR count). The molecule has 3 heterocycles. The minimum absolute atomic E-state index is 0.0727. The van der Waals surface area contributed by atoms with E-state index < -0.39 is 0 Å². The second-order valence-corrected chi connectivity index (χ2v) is 9.43. The lowest BCUT2D eigenvalue weighted by molar-refractivity contribution is -0.133. The largest absolute Gasteiger partial charge is 0.353 e. The highest BCUT2D eigenvalue weighted by Crippen LogP contribution is 2.27. The molecule has 0 bridgehead atoms. The predicted molar refractivity (Wildman–Crippen MR) is 112 cm³/mol. The lowest BCUT2D eigenvalue weighted by Crippen LogP contribution is -2.46. The Bertz CT molecular complexity index is 842. The van der Waals surface area contributed by atoms with Crippen LogP contribution in [0.2, 0.25) is 0 Å². The highest BCUT2D eigenvalue weighted by molar-refractivity contribution is 5.95. The standard InChI is InChI=1S/C22H33N5O3/c1-14(2)11-19(28)26-10-8-18-17(13-26)20(24-25(18)3)22(30)27-9-4-5-15(12-27)21(29)23-16-6-7-16/h14-16H,4-13H2,1-3H3,(H,23,29). The van der Waals surface area contributed by atoms with E-state index in [1.165, 1.54) is 0 Å². The first-order chi connectivity index (χ1) is 14.3. The first kappa shape index (κ1) is 20.9. The van der Waals surface area contributed by atoms with E-state index in [1.54, 1.807) is 9.58 Å². The van der Waals surface area contributed by atoms with Crippen molar-refractivity contribution in [2.24, 2.45) is 18.9 Å². The second-order valence-electron chi connectivity index (χ2n) is 9.43. The number of nitrogens with one attached hydrogen (secondary N) is 1. The van der Waals surface area contributed by atoms with E-state index in [0.717, 1.165) is 36.9 Å². The third-order valence-corrected chi connectivity index (χ3v) is 6.38. The van der Waals surface area contributed by atoms with E-state index in [-0.39, 0.29) is 23.6 Å². The van der Waals surface area contributed by atoms with Crippen molar-refractivity contribution in [2.45, 2.75) is 65.0 Å². The van der Waals surface area contributed by atoms with Gasteiger partial charge in [0.05, 0.1) is 5.92 Å². The van der Waals surface area contributed by atoms with Gasteiger partial charge >= 0.3 is 0 Å². The molecule has 1 saturated carbocycles. The smallest absolute Gasteiger partial charge is 0.274 e. The molecule has 1 atom stereocenters. The average Bonchev–Trinajstić information content (AvgIpc) is 3.48. The van der Waals surface area contributed by atoms with Crippen LogP contribution in [-0.4, -0.2) is 63.0 Å². The maximum atomic E-state index is 13.4. The van der Waals surface area contributed by atoms with Crippen molar-refractivity contribution in [2.75, 3.05) is 19.6 Å². The number of aryl methyl sites for hydroxylation is 1. The molecule has 0 spiro atoms. The molecule has 1 unspecified atom stereocenters. The zero-order chi connectivity index (χ0) is 21.4. The quantitative estimate of drug-likeness (QED) is 0.789. The fraction of sp³-hybridized carbons (Fsp3) is 0.727. The summed E-state index contributed by atoms with van der Waals surface area (Å²) in [5.74, 6) is 0.248. The van der Waals surface area contributed by atoms with Crippen LogP contribution in [0.4, 0.5) is 0 Å². The molecule has 1 saturated heterocycles. The number of fused-ring (bicyclic) bond motifs is 1. The van der Waals surface area contributed by atoms with Gasteiger partial charge in [-0.25, -0.2) is 0 Å². The molecule has 8 nitrogen and oxygen atoms in total. The molecule has 164 valence electrons. The van der Waals surface area contributed by atoms with Crippen LogP contribution >= 0.6 is 0 Å². The summed E-state index contributed by atoms with van der Waals surface area (Å²) in [7, 11) is 1.86. The van der Waals surface area contributed by atoms with Crippen LogP contribution in [0.3, 0.4) is 0 Å². The molecular formula is C22H33N5O3. The number of likely N-dealkylation sites (tertiary alicyclic amines) is 1. The first-order valence-electron chi connectivity index (χ1n) is 11.3. The molecule has 2 aliphatic heterocycles. The van der Waals surface area contributed by atoms with Crippen LogP contribution in [0, 0.1) is 11.8 Å². The maximum Gasteiger partial charge on any atom is 0.274 e. The van der Waals surface area contributed by atoms with E-state index in [9.17, 15) is 14.4 Å². The summed E-state index contributed by atoms with van der Waals surface area (Å²) in [4.78, 5) is 42.0. The summed E-state index contributed by atoms with van der Waals surface area (Å²) in [6.45, 7) is 6.27. The van der Waals surface area contributed by atoms with Crippen LogP contribution in [0.25, 0.3) is 0 Å². The Morgan fingerprint density at radius 3 is 2.60 bits per heavy atom. The van der Waals surface area contributed by atoms with Gasteiger partial charge in [0.25, 0.3) is 5.91 Å². The zero-order valence-corrected chi connectivity index (χ0v) is 18.3. The third kappa shape index (κ3) is 4.37. The Balaban J connectivity index is 1.48. The molecule has 30 heavy (non-hydrogen) atoms. The Hall–Kier alpha value is -2.38. The van der Waals surface area contributed by atoms with Gasteiger partial charge in [-0.1, -0.05) is 13.8 Å². The Morgan fingerprint density at radius 1 is 1.13 bits per heavy atom. The molecule has 2 fully saturated rings. The summed E-state index contributed by atoms with van der Waals surface area (Å²) >= 11 is 0. The zero-order valence-electron chi connectivity index (χ0n) is 18.3. The third-order valence-electron chi connectivity index (χ3n) is 6.38. The second kappa shape index (κ2) is 8.40. The van der Waals surface area contributed by atoms with E-state index in [1.807, 2.05) is 25.8 Å². The molecule has 3 aliphatic rings. The van der Waals surface area contributed by atoms with Crippen LogP contribution in [-0.2, 0) is 29.6 Å². The summed E-state index contributed by atoms with van der Waals surface area (Å²) in [5, 5.41) is 7.61. The fourth-order valence-corrected chi connectivity index (χ4v) is 4.53. The minimum Gasteiger partial charge on any atom is -0.353 e. The van der Waals surface area contributed by atoms with Crippen molar-refractivity contribution in [3.8, 4) is 0 Å². The number of carbonyl (C=O) groups excluding carboxylic acids is 3. The average molecular weight is 416 g/mol. The molecular weight excluding hydrogens is 382 g/mol. The molecule has 0 radical (unpaired) electrons. The summed E-state index contributed by atoms with van der Waals surface area (Å²) in [6.07, 6.45) is 4.99. The number of hydrogen-bond acceptors (Lipinski definition) is 4.